The van der Waals surface area contributed by atoms with Gasteiger partial charge in [0.2, 0.25) is 11.1 Å². The number of aromatic nitrogens is 4. The summed E-state index contributed by atoms with van der Waals surface area (Å²) in [6.07, 6.45) is 5.07. The summed E-state index contributed by atoms with van der Waals surface area (Å²) >= 11 is 1.30. The highest BCUT2D eigenvalue weighted by molar-refractivity contribution is 7.99. The molecule has 2 N–H and O–H groups in total. The fourth-order valence-corrected chi connectivity index (χ4v) is 2.08. The predicted octanol–water partition coefficient (Wildman–Crippen LogP) is -0.240. The zero-order chi connectivity index (χ0) is 14.8. The van der Waals surface area contributed by atoms with Crippen LogP contribution in [0.1, 0.15) is 13.8 Å². The molecule has 1 rings (SSSR count). The van der Waals surface area contributed by atoms with Crippen LogP contribution in [0.2, 0.25) is 0 Å². The topological polar surface area (TPSA) is 84.7 Å². The van der Waals surface area contributed by atoms with Crippen LogP contribution < -0.4 is 10.6 Å². The molecule has 0 aliphatic rings. The summed E-state index contributed by atoms with van der Waals surface area (Å²) in [4.78, 5) is 11.4. The minimum atomic E-state index is -0.125. The standard InChI is InChI=1S/C12H20N6OS/c1-4-5-14-11(19)9-20-12-15-16-17-18(12)7-6-13-8-10(2)3/h1,10,13H,5-9H2,2-3H3,(H,14,19). The molecule has 1 amide bonds. The van der Waals surface area contributed by atoms with Crippen LogP contribution in [-0.2, 0) is 11.3 Å². The summed E-state index contributed by atoms with van der Waals surface area (Å²) in [5.41, 5.74) is 0. The second-order valence-electron chi connectivity index (χ2n) is 4.55. The van der Waals surface area contributed by atoms with E-state index in [-0.39, 0.29) is 18.2 Å². The molecule has 0 saturated carbocycles. The van der Waals surface area contributed by atoms with Gasteiger partial charge in [0, 0.05) is 6.54 Å². The highest BCUT2D eigenvalue weighted by Gasteiger charge is 2.09. The Bertz CT molecular complexity index is 453. The van der Waals surface area contributed by atoms with Gasteiger partial charge in [-0.1, -0.05) is 31.5 Å². The Kier molecular flexibility index (Phi) is 7.69. The summed E-state index contributed by atoms with van der Waals surface area (Å²) in [5, 5.41) is 18.0. The summed E-state index contributed by atoms with van der Waals surface area (Å²) in [6, 6.07) is 0. The molecule has 0 aliphatic heterocycles. The molecule has 7 nitrogen and oxygen atoms in total. The van der Waals surface area contributed by atoms with Crippen molar-refractivity contribution >= 4 is 17.7 Å². The lowest BCUT2D eigenvalue weighted by atomic mass is 10.2. The zero-order valence-electron chi connectivity index (χ0n) is 11.8. The van der Waals surface area contributed by atoms with E-state index in [1.54, 1.807) is 4.68 Å². The molecular formula is C12H20N6OS. The van der Waals surface area contributed by atoms with Crippen LogP contribution in [0.3, 0.4) is 0 Å². The van der Waals surface area contributed by atoms with Gasteiger partial charge in [-0.2, -0.15) is 0 Å². The largest absolute Gasteiger partial charge is 0.344 e. The monoisotopic (exact) mass is 296 g/mol. The fraction of sp³-hybridized carbons (Fsp3) is 0.667. The van der Waals surface area contributed by atoms with E-state index >= 15 is 0 Å². The number of amides is 1. The lowest BCUT2D eigenvalue weighted by molar-refractivity contribution is -0.118. The molecule has 0 unspecified atom stereocenters. The van der Waals surface area contributed by atoms with Gasteiger partial charge in [-0.3, -0.25) is 4.79 Å². The lowest BCUT2D eigenvalue weighted by Crippen LogP contribution is -2.26. The molecular weight excluding hydrogens is 276 g/mol. The Morgan fingerprint density at radius 2 is 2.35 bits per heavy atom. The predicted molar refractivity (Wildman–Crippen MR) is 78.1 cm³/mol. The molecule has 110 valence electrons. The van der Waals surface area contributed by atoms with Gasteiger partial charge in [0.25, 0.3) is 0 Å². The van der Waals surface area contributed by atoms with Crippen molar-refractivity contribution in [2.45, 2.75) is 25.5 Å². The summed E-state index contributed by atoms with van der Waals surface area (Å²) in [5.74, 6) is 3.09. The molecule has 0 radical (unpaired) electrons. The zero-order valence-corrected chi connectivity index (χ0v) is 12.6. The van der Waals surface area contributed by atoms with E-state index in [1.807, 2.05) is 0 Å². The molecule has 0 aromatic carbocycles. The second kappa shape index (κ2) is 9.34. The number of carbonyl (C=O) groups excluding carboxylic acids is 1. The quantitative estimate of drug-likeness (QED) is 0.372. The maximum Gasteiger partial charge on any atom is 0.231 e. The molecule has 0 spiro atoms. The Hall–Kier alpha value is -1.59. The third-order valence-corrected chi connectivity index (χ3v) is 3.23. The molecule has 0 fully saturated rings. The molecule has 1 aromatic heterocycles. The molecule has 8 heteroatoms. The molecule has 1 aromatic rings. The average molecular weight is 296 g/mol. The van der Waals surface area contributed by atoms with Crippen LogP contribution in [0.5, 0.6) is 0 Å². The molecule has 20 heavy (non-hydrogen) atoms. The number of nitrogens with one attached hydrogen (secondary N) is 2. The van der Waals surface area contributed by atoms with Crippen LogP contribution in [0.4, 0.5) is 0 Å². The first kappa shape index (κ1) is 16.5. The molecule has 0 atom stereocenters. The van der Waals surface area contributed by atoms with E-state index in [2.05, 4.69) is 45.9 Å². The number of hydrogen-bond acceptors (Lipinski definition) is 6. The van der Waals surface area contributed by atoms with E-state index in [0.29, 0.717) is 17.6 Å². The second-order valence-corrected chi connectivity index (χ2v) is 5.49. The number of hydrogen-bond donors (Lipinski definition) is 2. The van der Waals surface area contributed by atoms with Gasteiger partial charge in [-0.25, -0.2) is 4.68 Å². The summed E-state index contributed by atoms with van der Waals surface area (Å²) in [6.45, 7) is 6.97. The van der Waals surface area contributed by atoms with E-state index in [1.165, 1.54) is 11.8 Å². The van der Waals surface area contributed by atoms with Crippen molar-refractivity contribution in [2.75, 3.05) is 25.4 Å². The van der Waals surface area contributed by atoms with Crippen molar-refractivity contribution in [3.8, 4) is 12.3 Å². The van der Waals surface area contributed by atoms with Crippen molar-refractivity contribution in [1.29, 1.82) is 0 Å². The van der Waals surface area contributed by atoms with Crippen molar-refractivity contribution < 1.29 is 4.79 Å². The van der Waals surface area contributed by atoms with Gasteiger partial charge in [-0.15, -0.1) is 11.5 Å². The van der Waals surface area contributed by atoms with Crippen LogP contribution in [-0.4, -0.2) is 51.5 Å². The Labute approximate surface area is 123 Å². The maximum atomic E-state index is 11.4. The number of thioether (sulfide) groups is 1. The van der Waals surface area contributed by atoms with Crippen LogP contribution in [0.15, 0.2) is 5.16 Å². The van der Waals surface area contributed by atoms with Gasteiger partial charge in [0.1, 0.15) is 0 Å². The Morgan fingerprint density at radius 3 is 3.05 bits per heavy atom. The lowest BCUT2D eigenvalue weighted by Gasteiger charge is -2.08. The minimum absolute atomic E-state index is 0.125. The van der Waals surface area contributed by atoms with Gasteiger partial charge >= 0.3 is 0 Å². The Morgan fingerprint density at radius 1 is 1.55 bits per heavy atom. The van der Waals surface area contributed by atoms with Crippen molar-refractivity contribution in [1.82, 2.24) is 30.8 Å². The first-order chi connectivity index (χ1) is 9.63. The van der Waals surface area contributed by atoms with E-state index in [0.717, 1.165) is 13.1 Å². The van der Waals surface area contributed by atoms with Crippen molar-refractivity contribution in [3.63, 3.8) is 0 Å². The maximum absolute atomic E-state index is 11.4. The third-order valence-electron chi connectivity index (χ3n) is 2.27. The normalized spacial score (nSPS) is 10.5. The smallest absolute Gasteiger partial charge is 0.231 e. The van der Waals surface area contributed by atoms with Crippen LogP contribution in [0.25, 0.3) is 0 Å². The minimum Gasteiger partial charge on any atom is -0.344 e. The number of nitrogens with zero attached hydrogens (tertiary/aromatic N) is 4. The molecule has 1 heterocycles. The number of carbonyl (C=O) groups is 1. The van der Waals surface area contributed by atoms with Gasteiger partial charge in [-0.05, 0) is 22.9 Å². The van der Waals surface area contributed by atoms with E-state index in [4.69, 9.17) is 6.42 Å². The van der Waals surface area contributed by atoms with Crippen LogP contribution >= 0.6 is 11.8 Å². The highest BCUT2D eigenvalue weighted by atomic mass is 32.2. The Balaban J connectivity index is 2.31. The average Bonchev–Trinajstić information content (AvgIpc) is 2.86. The molecule has 0 aliphatic carbocycles. The van der Waals surface area contributed by atoms with E-state index in [9.17, 15) is 4.79 Å². The highest BCUT2D eigenvalue weighted by Crippen LogP contribution is 2.12. The van der Waals surface area contributed by atoms with Gasteiger partial charge < -0.3 is 10.6 Å². The summed E-state index contributed by atoms with van der Waals surface area (Å²) < 4.78 is 1.69. The first-order valence-corrected chi connectivity index (χ1v) is 7.42. The summed E-state index contributed by atoms with van der Waals surface area (Å²) in [7, 11) is 0. The third kappa shape index (κ3) is 6.54. The van der Waals surface area contributed by atoms with Crippen molar-refractivity contribution in [2.24, 2.45) is 5.92 Å². The van der Waals surface area contributed by atoms with Gasteiger partial charge in [0.05, 0.1) is 18.8 Å². The van der Waals surface area contributed by atoms with E-state index < -0.39 is 0 Å². The fourth-order valence-electron chi connectivity index (χ4n) is 1.35. The van der Waals surface area contributed by atoms with Crippen molar-refractivity contribution in [3.05, 3.63) is 0 Å². The number of terminal acetylenes is 1. The number of rotatable bonds is 9. The molecule has 0 saturated heterocycles. The SMILES string of the molecule is C#CCNC(=O)CSc1nnnn1CCNCC(C)C. The van der Waals surface area contributed by atoms with Crippen LogP contribution in [0, 0.1) is 18.3 Å². The number of tetrazole rings is 1. The first-order valence-electron chi connectivity index (χ1n) is 6.43. The van der Waals surface area contributed by atoms with Gasteiger partial charge in [0.15, 0.2) is 0 Å². The molecule has 0 bridgehead atoms.